The number of hydrogen-bond acceptors (Lipinski definition) is 6. The minimum Gasteiger partial charge on any atom is -0.493 e. The minimum absolute atomic E-state index is 0. The Morgan fingerprint density at radius 3 is 2.50 bits per heavy atom. The van der Waals surface area contributed by atoms with Crippen molar-refractivity contribution in [1.29, 1.82) is 0 Å². The molecule has 2 aromatic heterocycles. The fourth-order valence-corrected chi connectivity index (χ4v) is 5.90. The van der Waals surface area contributed by atoms with Crippen LogP contribution in [0.4, 0.5) is 0 Å². The smallest absolute Gasteiger partial charge is 0.204 e. The van der Waals surface area contributed by atoms with Gasteiger partial charge in [-0.1, -0.05) is 37.3 Å². The highest BCUT2D eigenvalue weighted by Gasteiger charge is 2.28. The molecule has 0 radical (unpaired) electrons. The minimum atomic E-state index is -0.0879. The molecule has 5 aromatic rings. The number of imidazole rings is 1. The molecule has 6 rings (SSSR count). The molecule has 7 nitrogen and oxygen atoms in total. The normalized spacial score (nSPS) is 12.5. The fraction of sp³-hybridized carbons (Fsp3) is 0.265. The van der Waals surface area contributed by atoms with Crippen LogP contribution in [-0.4, -0.2) is 48.3 Å². The topological polar surface area (TPSA) is 74.4 Å². The zero-order valence-corrected chi connectivity index (χ0v) is 25.3. The lowest BCUT2D eigenvalue weighted by Crippen LogP contribution is -2.18. The standard InChI is InChI=1S/C34H33N3O4.ClH/c1-6-24-20(2)18-37-33-26(15-16-35-32(33)23-12-14-29(39-4)30(17-23)40-5)36-34(37)31(24)27(38)19-41-28-13-11-22-9-7-8-10-25(22)21(28)3;/h7-14,17-18H,6,15-16,19H2,1-5H3;1H. The summed E-state index contributed by atoms with van der Waals surface area (Å²) in [5, 5.41) is 2.26. The Bertz CT molecular complexity index is 1860. The van der Waals surface area contributed by atoms with Gasteiger partial charge in [-0.25, -0.2) is 4.98 Å². The third-order valence-electron chi connectivity index (χ3n) is 7.95. The number of hydrogen-bond donors (Lipinski definition) is 0. The van der Waals surface area contributed by atoms with Crippen molar-refractivity contribution in [3.05, 3.63) is 100.0 Å². The van der Waals surface area contributed by atoms with Crippen LogP contribution in [0.1, 0.15) is 50.9 Å². The van der Waals surface area contributed by atoms with E-state index in [1.54, 1.807) is 14.2 Å². The second-order valence-electron chi connectivity index (χ2n) is 10.3. The number of pyridine rings is 1. The van der Waals surface area contributed by atoms with Crippen molar-refractivity contribution < 1.29 is 19.0 Å². The summed E-state index contributed by atoms with van der Waals surface area (Å²) in [6, 6.07) is 18.0. The highest BCUT2D eigenvalue weighted by Crippen LogP contribution is 2.33. The molecule has 3 heterocycles. The number of halogens is 1. The number of aryl methyl sites for hydroxylation is 2. The van der Waals surface area contributed by atoms with Crippen molar-refractivity contribution in [1.82, 2.24) is 9.38 Å². The van der Waals surface area contributed by atoms with Crippen molar-refractivity contribution in [2.75, 3.05) is 27.4 Å². The monoisotopic (exact) mass is 583 g/mol. The van der Waals surface area contributed by atoms with E-state index in [0.717, 1.165) is 50.1 Å². The molecule has 0 bridgehead atoms. The van der Waals surface area contributed by atoms with Crippen molar-refractivity contribution >= 4 is 40.3 Å². The van der Waals surface area contributed by atoms with Crippen LogP contribution in [0.25, 0.3) is 16.4 Å². The van der Waals surface area contributed by atoms with Gasteiger partial charge in [-0.3, -0.25) is 14.2 Å². The Kier molecular flexibility index (Phi) is 8.23. The van der Waals surface area contributed by atoms with Crippen LogP contribution in [0.5, 0.6) is 17.2 Å². The predicted octanol–water partition coefficient (Wildman–Crippen LogP) is 6.76. The lowest BCUT2D eigenvalue weighted by atomic mass is 9.98. The number of aromatic nitrogens is 2. The lowest BCUT2D eigenvalue weighted by molar-refractivity contribution is 0.0921. The third-order valence-corrected chi connectivity index (χ3v) is 7.95. The second kappa shape index (κ2) is 11.9. The van der Waals surface area contributed by atoms with E-state index in [1.165, 1.54) is 0 Å². The Labute approximate surface area is 251 Å². The zero-order chi connectivity index (χ0) is 28.7. The van der Waals surface area contributed by atoms with Gasteiger partial charge in [0.25, 0.3) is 0 Å². The molecule has 0 unspecified atom stereocenters. The first-order valence-corrected chi connectivity index (χ1v) is 13.9. The molecule has 42 heavy (non-hydrogen) atoms. The Hall–Kier alpha value is -4.36. The highest BCUT2D eigenvalue weighted by molar-refractivity contribution is 6.14. The van der Waals surface area contributed by atoms with Crippen LogP contribution in [0.2, 0.25) is 0 Å². The first kappa shape index (κ1) is 29.1. The van der Waals surface area contributed by atoms with E-state index in [1.807, 2.05) is 60.7 Å². The van der Waals surface area contributed by atoms with Gasteiger partial charge in [-0.2, -0.15) is 0 Å². The number of benzene rings is 3. The van der Waals surface area contributed by atoms with Crippen LogP contribution in [-0.2, 0) is 12.8 Å². The maximum absolute atomic E-state index is 13.9. The van der Waals surface area contributed by atoms with E-state index in [9.17, 15) is 4.79 Å². The van der Waals surface area contributed by atoms with Gasteiger partial charge in [0, 0.05) is 24.7 Å². The second-order valence-corrected chi connectivity index (χ2v) is 10.3. The summed E-state index contributed by atoms with van der Waals surface area (Å²) < 4.78 is 19.2. The van der Waals surface area contributed by atoms with E-state index in [2.05, 4.69) is 25.3 Å². The molecule has 0 saturated carbocycles. The molecule has 0 aliphatic carbocycles. The fourth-order valence-electron chi connectivity index (χ4n) is 5.90. The summed E-state index contributed by atoms with van der Waals surface area (Å²) >= 11 is 0. The molecule has 0 saturated heterocycles. The lowest BCUT2D eigenvalue weighted by Gasteiger charge is -2.17. The SMILES string of the molecule is CCc1c(C)cn2c3c(nc2c1C(=O)COc1ccc2ccccc2c1C)CCN=C3c1ccc(OC)c(OC)c1.Cl. The van der Waals surface area contributed by atoms with E-state index in [0.29, 0.717) is 47.8 Å². The summed E-state index contributed by atoms with van der Waals surface area (Å²) in [6.45, 7) is 6.70. The molecule has 0 spiro atoms. The number of aliphatic imine (C=N–C) groups is 1. The average Bonchev–Trinajstić information content (AvgIpc) is 3.37. The van der Waals surface area contributed by atoms with E-state index < -0.39 is 0 Å². The molecule has 0 amide bonds. The van der Waals surface area contributed by atoms with Gasteiger partial charge in [0.05, 0.1) is 36.9 Å². The van der Waals surface area contributed by atoms with Crippen LogP contribution < -0.4 is 14.2 Å². The van der Waals surface area contributed by atoms with Gasteiger partial charge in [-0.05, 0) is 72.0 Å². The number of nitrogens with zero attached hydrogens (tertiary/aromatic N) is 3. The summed E-state index contributed by atoms with van der Waals surface area (Å²) in [5.41, 5.74) is 7.88. The highest BCUT2D eigenvalue weighted by atomic mass is 35.5. The van der Waals surface area contributed by atoms with E-state index in [-0.39, 0.29) is 24.8 Å². The van der Waals surface area contributed by atoms with Crippen molar-refractivity contribution in [3.8, 4) is 17.2 Å². The first-order chi connectivity index (χ1) is 19.9. The summed E-state index contributed by atoms with van der Waals surface area (Å²) in [6.07, 6.45) is 3.49. The molecule has 0 fully saturated rings. The molecule has 1 aliphatic heterocycles. The summed E-state index contributed by atoms with van der Waals surface area (Å²) in [7, 11) is 3.24. The molecular formula is C34H34ClN3O4. The number of Topliss-reactive ketones (excluding diaryl/α,β-unsaturated/α-hetero) is 1. The maximum atomic E-state index is 13.9. The van der Waals surface area contributed by atoms with Gasteiger partial charge in [0.15, 0.2) is 18.1 Å². The number of fused-ring (bicyclic) bond motifs is 4. The Balaban J connectivity index is 0.00000353. The van der Waals surface area contributed by atoms with Gasteiger partial charge < -0.3 is 14.2 Å². The molecule has 0 atom stereocenters. The molecule has 1 aliphatic rings. The van der Waals surface area contributed by atoms with Gasteiger partial charge >= 0.3 is 0 Å². The van der Waals surface area contributed by atoms with Gasteiger partial charge in [0.1, 0.15) is 11.4 Å². The number of carbonyl (C=O) groups excluding carboxylic acids is 1. The van der Waals surface area contributed by atoms with Crippen molar-refractivity contribution in [3.63, 3.8) is 0 Å². The van der Waals surface area contributed by atoms with Crippen LogP contribution in [0.15, 0.2) is 65.8 Å². The van der Waals surface area contributed by atoms with Crippen LogP contribution in [0, 0.1) is 13.8 Å². The number of carbonyl (C=O) groups is 1. The zero-order valence-electron chi connectivity index (χ0n) is 24.5. The summed E-state index contributed by atoms with van der Waals surface area (Å²) in [5.74, 6) is 1.92. The van der Waals surface area contributed by atoms with Crippen LogP contribution in [0.3, 0.4) is 0 Å². The molecule has 0 N–H and O–H groups in total. The molecule has 3 aromatic carbocycles. The number of ether oxygens (including phenoxy) is 3. The largest absolute Gasteiger partial charge is 0.493 e. The first-order valence-electron chi connectivity index (χ1n) is 13.9. The molecule has 216 valence electrons. The molecular weight excluding hydrogens is 550 g/mol. The quantitative estimate of drug-likeness (QED) is 0.189. The van der Waals surface area contributed by atoms with E-state index >= 15 is 0 Å². The Morgan fingerprint density at radius 2 is 1.74 bits per heavy atom. The van der Waals surface area contributed by atoms with Gasteiger partial charge in [-0.15, -0.1) is 12.4 Å². The molecule has 8 heteroatoms. The maximum Gasteiger partial charge on any atom is 0.204 e. The van der Waals surface area contributed by atoms with Crippen LogP contribution >= 0.6 is 12.4 Å². The third kappa shape index (κ3) is 4.88. The van der Waals surface area contributed by atoms with Gasteiger partial charge in [0.2, 0.25) is 5.78 Å². The average molecular weight is 584 g/mol. The predicted molar refractivity (Wildman–Crippen MR) is 169 cm³/mol. The van der Waals surface area contributed by atoms with E-state index in [4.69, 9.17) is 24.2 Å². The number of methoxy groups -OCH3 is 2. The number of ketones is 1. The van der Waals surface area contributed by atoms with Crippen molar-refractivity contribution in [2.45, 2.75) is 33.6 Å². The Morgan fingerprint density at radius 1 is 0.976 bits per heavy atom. The number of rotatable bonds is 8. The van der Waals surface area contributed by atoms with Crippen molar-refractivity contribution in [2.24, 2.45) is 4.99 Å². The summed E-state index contributed by atoms with van der Waals surface area (Å²) in [4.78, 5) is 23.9.